The first kappa shape index (κ1) is 18.5. The summed E-state index contributed by atoms with van der Waals surface area (Å²) >= 11 is 0. The summed E-state index contributed by atoms with van der Waals surface area (Å²) in [6.45, 7) is 4.76. The summed E-state index contributed by atoms with van der Waals surface area (Å²) in [5.41, 5.74) is -1.02. The Bertz CT molecular complexity index is 475. The molecule has 0 bridgehead atoms. The Hall–Kier alpha value is -1.56. The largest absolute Gasteiger partial charge is 0.418 e. The predicted octanol–water partition coefficient (Wildman–Crippen LogP) is 4.20. The smallest absolute Gasteiger partial charge is 0.325 e. The van der Waals surface area contributed by atoms with E-state index in [-0.39, 0.29) is 18.2 Å². The molecule has 22 heavy (non-hydrogen) atoms. The van der Waals surface area contributed by atoms with Gasteiger partial charge in [0.25, 0.3) is 0 Å². The average Bonchev–Trinajstić information content (AvgIpc) is 2.43. The van der Waals surface area contributed by atoms with Crippen LogP contribution in [-0.4, -0.2) is 18.5 Å². The first-order valence-electron chi connectivity index (χ1n) is 7.54. The number of para-hydroxylation sites is 1. The molecule has 0 saturated heterocycles. The van der Waals surface area contributed by atoms with E-state index in [2.05, 4.69) is 17.6 Å². The fourth-order valence-electron chi connectivity index (χ4n) is 2.11. The maximum absolute atomic E-state index is 12.8. The highest BCUT2D eigenvalue weighted by Crippen LogP contribution is 2.34. The number of carbonyl (C=O) groups is 1. The molecule has 6 heteroatoms. The van der Waals surface area contributed by atoms with Crippen molar-refractivity contribution in [1.82, 2.24) is 5.32 Å². The van der Waals surface area contributed by atoms with Crippen LogP contribution in [0.2, 0.25) is 0 Å². The molecule has 0 heterocycles. The number of benzene rings is 1. The lowest BCUT2D eigenvalue weighted by molar-refractivity contribution is -0.137. The van der Waals surface area contributed by atoms with E-state index in [1.165, 1.54) is 18.2 Å². The zero-order chi connectivity index (χ0) is 16.6. The maximum atomic E-state index is 12.8. The van der Waals surface area contributed by atoms with Crippen molar-refractivity contribution in [3.05, 3.63) is 29.8 Å². The minimum absolute atomic E-state index is 0.0742. The molecule has 0 fully saturated rings. The second kappa shape index (κ2) is 8.78. The van der Waals surface area contributed by atoms with Crippen LogP contribution in [0.5, 0.6) is 0 Å². The molecule has 3 nitrogen and oxygen atoms in total. The summed E-state index contributed by atoms with van der Waals surface area (Å²) in [6.07, 6.45) is -1.08. The van der Waals surface area contributed by atoms with Gasteiger partial charge in [-0.3, -0.25) is 4.79 Å². The molecule has 124 valence electrons. The minimum Gasteiger partial charge on any atom is -0.325 e. The highest BCUT2D eigenvalue weighted by molar-refractivity contribution is 5.92. The summed E-state index contributed by atoms with van der Waals surface area (Å²) in [6, 6.07) is 4.92. The van der Waals surface area contributed by atoms with Gasteiger partial charge in [0.15, 0.2) is 0 Å². The Kier molecular flexibility index (Phi) is 7.38. The fraction of sp³-hybridized carbons (Fsp3) is 0.562. The van der Waals surface area contributed by atoms with Gasteiger partial charge in [-0.1, -0.05) is 31.9 Å². The van der Waals surface area contributed by atoms with E-state index >= 15 is 0 Å². The Balaban J connectivity index is 2.52. The van der Waals surface area contributed by atoms with Gasteiger partial charge < -0.3 is 10.6 Å². The van der Waals surface area contributed by atoms with Gasteiger partial charge in [-0.05, 0) is 32.0 Å². The van der Waals surface area contributed by atoms with E-state index in [0.29, 0.717) is 0 Å². The van der Waals surface area contributed by atoms with Gasteiger partial charge in [0.05, 0.1) is 11.3 Å². The zero-order valence-electron chi connectivity index (χ0n) is 13.0. The number of unbranched alkanes of at least 4 members (excludes halogenated alkanes) is 2. The van der Waals surface area contributed by atoms with Gasteiger partial charge in [-0.15, -0.1) is 0 Å². The molecule has 0 aromatic heterocycles. The van der Waals surface area contributed by atoms with Gasteiger partial charge in [-0.2, -0.15) is 13.2 Å². The number of carbonyl (C=O) groups excluding carboxylic acids is 1. The maximum Gasteiger partial charge on any atom is 0.418 e. The van der Waals surface area contributed by atoms with Gasteiger partial charge in [0, 0.05) is 12.5 Å². The van der Waals surface area contributed by atoms with E-state index < -0.39 is 17.6 Å². The molecular formula is C16H23F3N2O. The Morgan fingerprint density at radius 2 is 1.91 bits per heavy atom. The fourth-order valence-corrected chi connectivity index (χ4v) is 2.11. The van der Waals surface area contributed by atoms with Crippen LogP contribution in [0.25, 0.3) is 0 Å². The van der Waals surface area contributed by atoms with E-state index in [4.69, 9.17) is 0 Å². The molecule has 0 saturated carbocycles. The lowest BCUT2D eigenvalue weighted by atomic mass is 10.1. The average molecular weight is 316 g/mol. The highest BCUT2D eigenvalue weighted by atomic mass is 19.4. The molecule has 1 aromatic carbocycles. The predicted molar refractivity (Wildman–Crippen MR) is 81.7 cm³/mol. The second-order valence-electron chi connectivity index (χ2n) is 5.36. The van der Waals surface area contributed by atoms with Gasteiger partial charge in [0.1, 0.15) is 0 Å². The molecular weight excluding hydrogens is 293 g/mol. The summed E-state index contributed by atoms with van der Waals surface area (Å²) in [5, 5.41) is 5.55. The van der Waals surface area contributed by atoms with Crippen LogP contribution in [-0.2, 0) is 11.0 Å². The van der Waals surface area contributed by atoms with Crippen molar-refractivity contribution in [1.29, 1.82) is 0 Å². The van der Waals surface area contributed by atoms with Gasteiger partial charge >= 0.3 is 6.18 Å². The number of nitrogens with one attached hydrogen (secondary N) is 2. The van der Waals surface area contributed by atoms with Crippen LogP contribution in [0.3, 0.4) is 0 Å². The Morgan fingerprint density at radius 1 is 1.23 bits per heavy atom. The SMILES string of the molecule is CCCCCNC(C)CC(=O)Nc1ccccc1C(F)(F)F. The highest BCUT2D eigenvalue weighted by Gasteiger charge is 2.33. The van der Waals surface area contributed by atoms with Crippen LogP contribution in [0.1, 0.15) is 45.1 Å². The standard InChI is InChI=1S/C16H23F3N2O/c1-3-4-7-10-20-12(2)11-15(22)21-14-9-6-5-8-13(14)16(17,18)19/h5-6,8-9,12,20H,3-4,7,10-11H2,1-2H3,(H,21,22). The number of anilines is 1. The van der Waals surface area contributed by atoms with Crippen LogP contribution < -0.4 is 10.6 Å². The van der Waals surface area contributed by atoms with Gasteiger partial charge in [-0.25, -0.2) is 0 Å². The number of amides is 1. The summed E-state index contributed by atoms with van der Waals surface area (Å²) in [7, 11) is 0. The lowest BCUT2D eigenvalue weighted by Crippen LogP contribution is -2.31. The first-order chi connectivity index (χ1) is 10.3. The summed E-state index contributed by atoms with van der Waals surface area (Å²) < 4.78 is 38.5. The molecule has 2 N–H and O–H groups in total. The van der Waals surface area contributed by atoms with Crippen LogP contribution in [0.15, 0.2) is 24.3 Å². The number of halogens is 3. The van der Waals surface area contributed by atoms with Crippen LogP contribution in [0.4, 0.5) is 18.9 Å². The third-order valence-electron chi connectivity index (χ3n) is 3.27. The molecule has 0 radical (unpaired) electrons. The van der Waals surface area contributed by atoms with Crippen molar-refractivity contribution in [2.24, 2.45) is 0 Å². The van der Waals surface area contributed by atoms with Crippen molar-refractivity contribution >= 4 is 11.6 Å². The molecule has 1 unspecified atom stereocenters. The topological polar surface area (TPSA) is 41.1 Å². The van der Waals surface area contributed by atoms with Crippen LogP contribution in [0, 0.1) is 0 Å². The molecule has 0 aliphatic carbocycles. The van der Waals surface area contributed by atoms with Crippen molar-refractivity contribution < 1.29 is 18.0 Å². The molecule has 0 spiro atoms. The van der Waals surface area contributed by atoms with Crippen molar-refractivity contribution in [3.8, 4) is 0 Å². The van der Waals surface area contributed by atoms with E-state index in [0.717, 1.165) is 31.9 Å². The molecule has 1 aromatic rings. The summed E-state index contributed by atoms with van der Waals surface area (Å²) in [5.74, 6) is -0.424. The number of alkyl halides is 3. The van der Waals surface area contributed by atoms with Crippen molar-refractivity contribution in [3.63, 3.8) is 0 Å². The molecule has 0 aliphatic heterocycles. The van der Waals surface area contributed by atoms with E-state index in [9.17, 15) is 18.0 Å². The van der Waals surface area contributed by atoms with E-state index in [1.807, 2.05) is 6.92 Å². The lowest BCUT2D eigenvalue weighted by Gasteiger charge is -2.16. The normalized spacial score (nSPS) is 13.0. The van der Waals surface area contributed by atoms with Crippen molar-refractivity contribution in [2.45, 2.75) is 51.7 Å². The molecule has 1 amide bonds. The summed E-state index contributed by atoms with van der Waals surface area (Å²) in [4.78, 5) is 11.9. The third kappa shape index (κ3) is 6.47. The van der Waals surface area contributed by atoms with Gasteiger partial charge in [0.2, 0.25) is 5.91 Å². The second-order valence-corrected chi connectivity index (χ2v) is 5.36. The number of rotatable bonds is 8. The molecule has 1 rings (SSSR count). The monoisotopic (exact) mass is 316 g/mol. The molecule has 1 atom stereocenters. The number of hydrogen-bond donors (Lipinski definition) is 2. The van der Waals surface area contributed by atoms with Crippen LogP contribution >= 0.6 is 0 Å². The van der Waals surface area contributed by atoms with Crippen molar-refractivity contribution in [2.75, 3.05) is 11.9 Å². The first-order valence-corrected chi connectivity index (χ1v) is 7.54. The Morgan fingerprint density at radius 3 is 2.55 bits per heavy atom. The quantitative estimate of drug-likeness (QED) is 0.706. The minimum atomic E-state index is -4.48. The third-order valence-corrected chi connectivity index (χ3v) is 3.27. The molecule has 0 aliphatic rings. The zero-order valence-corrected chi connectivity index (χ0v) is 13.0. The number of hydrogen-bond acceptors (Lipinski definition) is 2. The Labute approximate surface area is 129 Å². The van der Waals surface area contributed by atoms with E-state index in [1.54, 1.807) is 0 Å².